The number of aromatic nitrogens is 3. The van der Waals surface area contributed by atoms with Crippen molar-refractivity contribution in [2.75, 3.05) is 12.4 Å². The van der Waals surface area contributed by atoms with E-state index in [-0.39, 0.29) is 5.91 Å². The van der Waals surface area contributed by atoms with Gasteiger partial charge in [0.2, 0.25) is 0 Å². The molecule has 0 aliphatic heterocycles. The van der Waals surface area contributed by atoms with E-state index >= 15 is 0 Å². The number of carbonyl (C=O) groups is 1. The Bertz CT molecular complexity index is 1120. The van der Waals surface area contributed by atoms with Gasteiger partial charge in [0, 0.05) is 30.1 Å². The Morgan fingerprint density at radius 1 is 1.14 bits per heavy atom. The van der Waals surface area contributed by atoms with Crippen LogP contribution in [0.1, 0.15) is 20.9 Å². The van der Waals surface area contributed by atoms with Gasteiger partial charge < -0.3 is 4.74 Å². The van der Waals surface area contributed by atoms with E-state index in [4.69, 9.17) is 4.74 Å². The average Bonchev–Trinajstić information content (AvgIpc) is 3.35. The molecule has 2 aromatic heterocycles. The van der Waals surface area contributed by atoms with Crippen molar-refractivity contribution >= 4 is 22.4 Å². The molecule has 1 N–H and O–H groups in total. The van der Waals surface area contributed by atoms with E-state index in [2.05, 4.69) is 27.5 Å². The molecule has 0 aliphatic carbocycles. The van der Waals surface area contributed by atoms with Crippen LogP contribution in [0.3, 0.4) is 0 Å². The van der Waals surface area contributed by atoms with Gasteiger partial charge in [0.1, 0.15) is 11.4 Å². The minimum absolute atomic E-state index is 0.236. The van der Waals surface area contributed by atoms with Crippen LogP contribution in [0.2, 0.25) is 0 Å². The molecule has 146 valence electrons. The predicted molar refractivity (Wildman–Crippen MR) is 115 cm³/mol. The number of carbonyl (C=O) groups excluding carboxylic acids is 1. The number of anilines is 1. The van der Waals surface area contributed by atoms with Gasteiger partial charge in [0.25, 0.3) is 5.91 Å². The largest absolute Gasteiger partial charge is 0.497 e. The summed E-state index contributed by atoms with van der Waals surface area (Å²) < 4.78 is 6.76. The second-order valence-electron chi connectivity index (χ2n) is 6.52. The summed E-state index contributed by atoms with van der Waals surface area (Å²) in [5, 5.41) is 7.91. The van der Waals surface area contributed by atoms with E-state index in [1.807, 2.05) is 42.5 Å². The maximum absolute atomic E-state index is 12.7. The van der Waals surface area contributed by atoms with E-state index in [1.165, 1.54) is 16.9 Å². The molecule has 6 nitrogen and oxygen atoms in total. The molecule has 2 aromatic carbocycles. The van der Waals surface area contributed by atoms with Crippen LogP contribution in [-0.2, 0) is 13.5 Å². The number of rotatable bonds is 6. The molecule has 0 saturated heterocycles. The molecule has 7 heteroatoms. The summed E-state index contributed by atoms with van der Waals surface area (Å²) >= 11 is 1.48. The van der Waals surface area contributed by atoms with Gasteiger partial charge in [0.05, 0.1) is 12.8 Å². The molecule has 0 aliphatic rings. The third-order valence-electron chi connectivity index (χ3n) is 4.49. The highest BCUT2D eigenvalue weighted by molar-refractivity contribution is 7.15. The Morgan fingerprint density at radius 2 is 1.90 bits per heavy atom. The molecule has 0 radical (unpaired) electrons. The zero-order chi connectivity index (χ0) is 20.2. The van der Waals surface area contributed by atoms with Crippen molar-refractivity contribution in [1.29, 1.82) is 0 Å². The smallest absolute Gasteiger partial charge is 0.275 e. The van der Waals surface area contributed by atoms with Crippen molar-refractivity contribution in [2.45, 2.75) is 6.42 Å². The summed E-state index contributed by atoms with van der Waals surface area (Å²) in [4.78, 5) is 18.1. The number of benzene rings is 2. The maximum Gasteiger partial charge on any atom is 0.275 e. The van der Waals surface area contributed by atoms with Crippen LogP contribution in [0.15, 0.2) is 66.9 Å². The number of ether oxygens (including phenoxy) is 1. The number of nitrogens with zero attached hydrogens (tertiary/aromatic N) is 3. The number of methoxy groups -OCH3 is 1. The lowest BCUT2D eigenvalue weighted by atomic mass is 10.1. The molecular weight excluding hydrogens is 384 g/mol. The third-order valence-corrected chi connectivity index (χ3v) is 5.41. The molecule has 29 heavy (non-hydrogen) atoms. The van der Waals surface area contributed by atoms with Gasteiger partial charge in [-0.25, -0.2) is 4.98 Å². The average molecular weight is 404 g/mol. The SMILES string of the molecule is COc1ccc(-c2cc(C(=O)Nc3ncc(Cc4ccccc4)s3)n(C)n2)cc1. The molecule has 0 spiro atoms. The standard InChI is InChI=1S/C22H20N4O2S/c1-26-20(13-19(25-26)16-8-10-17(28-2)11-9-16)21(27)24-22-23-14-18(29-22)12-15-6-4-3-5-7-15/h3-11,13-14H,12H2,1-2H3,(H,23,24,27). The minimum Gasteiger partial charge on any atom is -0.497 e. The van der Waals surface area contributed by atoms with Crippen LogP contribution in [-0.4, -0.2) is 27.8 Å². The summed E-state index contributed by atoms with van der Waals surface area (Å²) in [5.41, 5.74) is 3.32. The Labute approximate surface area is 172 Å². The second kappa shape index (κ2) is 8.28. The lowest BCUT2D eigenvalue weighted by molar-refractivity contribution is 0.101. The van der Waals surface area contributed by atoms with E-state index in [0.717, 1.165) is 28.3 Å². The first-order valence-electron chi connectivity index (χ1n) is 9.11. The lowest BCUT2D eigenvalue weighted by Crippen LogP contribution is -2.15. The quantitative estimate of drug-likeness (QED) is 0.517. The molecule has 4 rings (SSSR count). The van der Waals surface area contributed by atoms with Crippen LogP contribution in [0, 0.1) is 0 Å². The van der Waals surface area contributed by atoms with E-state index < -0.39 is 0 Å². The van der Waals surface area contributed by atoms with Crippen LogP contribution in [0.5, 0.6) is 5.75 Å². The molecule has 1 amide bonds. The van der Waals surface area contributed by atoms with Gasteiger partial charge in [-0.15, -0.1) is 11.3 Å². The molecule has 4 aromatic rings. The van der Waals surface area contributed by atoms with Crippen molar-refractivity contribution in [3.8, 4) is 17.0 Å². The highest BCUT2D eigenvalue weighted by atomic mass is 32.1. The van der Waals surface area contributed by atoms with Gasteiger partial charge in [-0.05, 0) is 35.9 Å². The Hall–Kier alpha value is -3.45. The number of hydrogen-bond acceptors (Lipinski definition) is 5. The zero-order valence-corrected chi connectivity index (χ0v) is 16.9. The topological polar surface area (TPSA) is 69.0 Å². The van der Waals surface area contributed by atoms with Crippen molar-refractivity contribution in [3.05, 3.63) is 83.0 Å². The monoisotopic (exact) mass is 404 g/mol. The van der Waals surface area contributed by atoms with Crippen molar-refractivity contribution in [1.82, 2.24) is 14.8 Å². The second-order valence-corrected chi connectivity index (χ2v) is 7.63. The van der Waals surface area contributed by atoms with Crippen molar-refractivity contribution < 1.29 is 9.53 Å². The molecule has 0 saturated carbocycles. The van der Waals surface area contributed by atoms with Gasteiger partial charge in [-0.3, -0.25) is 14.8 Å². The first-order valence-corrected chi connectivity index (χ1v) is 9.92. The molecule has 0 bridgehead atoms. The highest BCUT2D eigenvalue weighted by Crippen LogP contribution is 2.24. The van der Waals surface area contributed by atoms with Crippen molar-refractivity contribution in [2.24, 2.45) is 7.05 Å². The van der Waals surface area contributed by atoms with Gasteiger partial charge in [-0.1, -0.05) is 30.3 Å². The Morgan fingerprint density at radius 3 is 2.62 bits per heavy atom. The first kappa shape index (κ1) is 18.9. The summed E-state index contributed by atoms with van der Waals surface area (Å²) in [6.07, 6.45) is 2.60. The lowest BCUT2D eigenvalue weighted by Gasteiger charge is -2.01. The summed E-state index contributed by atoms with van der Waals surface area (Å²) in [6, 6.07) is 19.5. The third kappa shape index (κ3) is 4.35. The highest BCUT2D eigenvalue weighted by Gasteiger charge is 2.16. The normalized spacial score (nSPS) is 10.7. The maximum atomic E-state index is 12.7. The molecule has 0 atom stereocenters. The molecule has 0 fully saturated rings. The summed E-state index contributed by atoms with van der Waals surface area (Å²) in [6.45, 7) is 0. The van der Waals surface area contributed by atoms with Gasteiger partial charge in [-0.2, -0.15) is 5.10 Å². The number of hydrogen-bond donors (Lipinski definition) is 1. The number of thiazole rings is 1. The number of nitrogens with one attached hydrogen (secondary N) is 1. The van der Waals surface area contributed by atoms with Gasteiger partial charge >= 0.3 is 0 Å². The number of amides is 1. The first-order chi connectivity index (χ1) is 14.1. The molecule has 0 unspecified atom stereocenters. The van der Waals surface area contributed by atoms with E-state index in [1.54, 1.807) is 31.1 Å². The fourth-order valence-corrected chi connectivity index (χ4v) is 3.83. The fourth-order valence-electron chi connectivity index (χ4n) is 2.99. The summed E-state index contributed by atoms with van der Waals surface area (Å²) in [7, 11) is 3.38. The van der Waals surface area contributed by atoms with Crippen LogP contribution < -0.4 is 10.1 Å². The van der Waals surface area contributed by atoms with Crippen LogP contribution in [0.25, 0.3) is 11.3 Å². The van der Waals surface area contributed by atoms with E-state index in [9.17, 15) is 4.79 Å². The van der Waals surface area contributed by atoms with Crippen LogP contribution in [0.4, 0.5) is 5.13 Å². The van der Waals surface area contributed by atoms with Crippen LogP contribution >= 0.6 is 11.3 Å². The molecular formula is C22H20N4O2S. The van der Waals surface area contributed by atoms with Crippen molar-refractivity contribution in [3.63, 3.8) is 0 Å². The summed E-state index contributed by atoms with van der Waals surface area (Å²) in [5.74, 6) is 0.540. The number of aryl methyl sites for hydroxylation is 1. The fraction of sp³-hybridized carbons (Fsp3) is 0.136. The van der Waals surface area contributed by atoms with Gasteiger partial charge in [0.15, 0.2) is 5.13 Å². The predicted octanol–water partition coefficient (Wildman–Crippen LogP) is 4.40. The zero-order valence-electron chi connectivity index (χ0n) is 16.1. The molecule has 2 heterocycles. The minimum atomic E-state index is -0.236. The Kier molecular flexibility index (Phi) is 5.39. The van der Waals surface area contributed by atoms with E-state index in [0.29, 0.717) is 10.8 Å². The Balaban J connectivity index is 1.47.